The Labute approximate surface area is 119 Å². The first kappa shape index (κ1) is 14.4. The molecule has 0 saturated carbocycles. The summed E-state index contributed by atoms with van der Waals surface area (Å²) in [4.78, 5) is 0. The molecule has 0 spiro atoms. The van der Waals surface area contributed by atoms with Crippen LogP contribution < -0.4 is 10.6 Å². The molecule has 0 amide bonds. The third-order valence-electron chi connectivity index (χ3n) is 3.09. The van der Waals surface area contributed by atoms with Gasteiger partial charge in [0, 0.05) is 37.3 Å². The number of aromatic hydroxyl groups is 2. The van der Waals surface area contributed by atoms with Gasteiger partial charge in [0.25, 0.3) is 0 Å². The molecule has 4 N–H and O–H groups in total. The van der Waals surface area contributed by atoms with E-state index < -0.39 is 0 Å². The van der Waals surface area contributed by atoms with Crippen LogP contribution in [0.1, 0.15) is 11.1 Å². The van der Waals surface area contributed by atoms with E-state index >= 15 is 0 Å². The van der Waals surface area contributed by atoms with E-state index in [1.54, 1.807) is 12.1 Å². The highest BCUT2D eigenvalue weighted by Crippen LogP contribution is 2.15. The second kappa shape index (κ2) is 7.53. The van der Waals surface area contributed by atoms with Crippen molar-refractivity contribution in [3.05, 3.63) is 59.7 Å². The van der Waals surface area contributed by atoms with E-state index in [0.29, 0.717) is 24.6 Å². The largest absolute Gasteiger partial charge is 0.508 e. The lowest BCUT2D eigenvalue weighted by Gasteiger charge is -2.08. The van der Waals surface area contributed by atoms with Gasteiger partial charge in [-0.2, -0.15) is 0 Å². The second-order valence-corrected chi connectivity index (χ2v) is 4.61. The number of hydrogen-bond donors (Lipinski definition) is 4. The Bertz CT molecular complexity index is 494. The summed E-state index contributed by atoms with van der Waals surface area (Å²) in [6.45, 7) is 2.87. The Morgan fingerprint density at radius 3 is 1.45 bits per heavy atom. The number of rotatable bonds is 7. The van der Waals surface area contributed by atoms with Gasteiger partial charge < -0.3 is 20.8 Å². The second-order valence-electron chi connectivity index (χ2n) is 4.61. The molecular weight excluding hydrogens is 252 g/mol. The van der Waals surface area contributed by atoms with Crippen LogP contribution in [0.25, 0.3) is 0 Å². The Morgan fingerprint density at radius 2 is 1.05 bits per heavy atom. The molecular formula is C16H20N2O2. The van der Waals surface area contributed by atoms with Crippen LogP contribution in [0.5, 0.6) is 11.5 Å². The highest BCUT2D eigenvalue weighted by Gasteiger charge is 1.99. The van der Waals surface area contributed by atoms with Crippen molar-refractivity contribution in [3.8, 4) is 11.5 Å². The lowest BCUT2D eigenvalue weighted by atomic mass is 10.2. The van der Waals surface area contributed by atoms with Gasteiger partial charge in [0.2, 0.25) is 0 Å². The van der Waals surface area contributed by atoms with Crippen molar-refractivity contribution in [2.45, 2.75) is 13.1 Å². The van der Waals surface area contributed by atoms with Gasteiger partial charge in [-0.05, 0) is 12.1 Å². The van der Waals surface area contributed by atoms with Crippen molar-refractivity contribution < 1.29 is 10.2 Å². The average molecular weight is 272 g/mol. The van der Waals surface area contributed by atoms with E-state index in [-0.39, 0.29) is 0 Å². The van der Waals surface area contributed by atoms with Crippen LogP contribution in [0.3, 0.4) is 0 Å². The molecule has 20 heavy (non-hydrogen) atoms. The maximum absolute atomic E-state index is 9.61. The monoisotopic (exact) mass is 272 g/mol. The maximum Gasteiger partial charge on any atom is 0.120 e. The first-order valence-corrected chi connectivity index (χ1v) is 6.72. The van der Waals surface area contributed by atoms with Crippen LogP contribution >= 0.6 is 0 Å². The van der Waals surface area contributed by atoms with Gasteiger partial charge >= 0.3 is 0 Å². The first-order valence-electron chi connectivity index (χ1n) is 6.72. The van der Waals surface area contributed by atoms with E-state index in [2.05, 4.69) is 10.6 Å². The minimum Gasteiger partial charge on any atom is -0.508 e. The van der Waals surface area contributed by atoms with Crippen LogP contribution in [0, 0.1) is 0 Å². The molecule has 0 atom stereocenters. The summed E-state index contributed by atoms with van der Waals surface area (Å²) >= 11 is 0. The predicted octanol–water partition coefficient (Wildman–Crippen LogP) is 1.98. The van der Waals surface area contributed by atoms with Crippen LogP contribution in [-0.2, 0) is 13.1 Å². The SMILES string of the molecule is Oc1ccccc1CNCCNCc1ccccc1O. The standard InChI is InChI=1S/C16H20N2O2/c19-15-7-3-1-5-13(15)11-17-9-10-18-12-14-6-2-4-8-16(14)20/h1-8,17-20H,9-12H2. The normalized spacial score (nSPS) is 10.6. The molecule has 0 heterocycles. The zero-order valence-corrected chi connectivity index (χ0v) is 11.3. The minimum atomic E-state index is 0.321. The quantitative estimate of drug-likeness (QED) is 0.582. The molecule has 0 bridgehead atoms. The molecule has 0 aliphatic rings. The smallest absolute Gasteiger partial charge is 0.120 e. The Balaban J connectivity index is 1.63. The van der Waals surface area contributed by atoms with Gasteiger partial charge in [-0.15, -0.1) is 0 Å². The van der Waals surface area contributed by atoms with E-state index in [1.165, 1.54) is 0 Å². The number of phenolic OH excluding ortho intramolecular Hbond substituents is 2. The van der Waals surface area contributed by atoms with E-state index in [4.69, 9.17) is 0 Å². The topological polar surface area (TPSA) is 64.5 Å². The molecule has 4 heteroatoms. The van der Waals surface area contributed by atoms with Crippen LogP contribution in [0.15, 0.2) is 48.5 Å². The van der Waals surface area contributed by atoms with Crippen molar-refractivity contribution in [2.75, 3.05) is 13.1 Å². The Morgan fingerprint density at radius 1 is 0.650 bits per heavy atom. The number of para-hydroxylation sites is 2. The van der Waals surface area contributed by atoms with Crippen LogP contribution in [0.2, 0.25) is 0 Å². The molecule has 106 valence electrons. The number of phenols is 2. The summed E-state index contributed by atoms with van der Waals surface area (Å²) in [5.41, 5.74) is 1.79. The molecule has 0 saturated heterocycles. The molecule has 0 aliphatic carbocycles. The molecule has 0 aromatic heterocycles. The summed E-state index contributed by atoms with van der Waals surface area (Å²) in [6, 6.07) is 14.6. The molecule has 2 rings (SSSR count). The number of nitrogens with one attached hydrogen (secondary N) is 2. The number of benzene rings is 2. The predicted molar refractivity (Wildman–Crippen MR) is 79.6 cm³/mol. The van der Waals surface area contributed by atoms with Crippen LogP contribution in [-0.4, -0.2) is 23.3 Å². The summed E-state index contributed by atoms with van der Waals surface area (Å²) in [5.74, 6) is 0.643. The highest BCUT2D eigenvalue weighted by atomic mass is 16.3. The summed E-state index contributed by atoms with van der Waals surface area (Å²) in [6.07, 6.45) is 0. The van der Waals surface area contributed by atoms with Crippen molar-refractivity contribution in [3.63, 3.8) is 0 Å². The third kappa shape index (κ3) is 4.26. The van der Waals surface area contributed by atoms with E-state index in [0.717, 1.165) is 24.2 Å². The van der Waals surface area contributed by atoms with E-state index in [1.807, 2.05) is 36.4 Å². The molecule has 0 unspecified atom stereocenters. The van der Waals surface area contributed by atoms with Gasteiger partial charge in [0.15, 0.2) is 0 Å². The highest BCUT2D eigenvalue weighted by molar-refractivity contribution is 5.32. The summed E-state index contributed by atoms with van der Waals surface area (Å²) < 4.78 is 0. The molecule has 2 aromatic carbocycles. The zero-order chi connectivity index (χ0) is 14.2. The molecule has 4 nitrogen and oxygen atoms in total. The molecule has 0 radical (unpaired) electrons. The van der Waals surface area contributed by atoms with Crippen molar-refractivity contribution >= 4 is 0 Å². The van der Waals surface area contributed by atoms with Crippen LogP contribution in [0.4, 0.5) is 0 Å². The van der Waals surface area contributed by atoms with Crippen molar-refractivity contribution in [2.24, 2.45) is 0 Å². The van der Waals surface area contributed by atoms with Gasteiger partial charge in [-0.1, -0.05) is 36.4 Å². The van der Waals surface area contributed by atoms with Gasteiger partial charge in [-0.3, -0.25) is 0 Å². The fourth-order valence-electron chi connectivity index (χ4n) is 1.94. The lowest BCUT2D eigenvalue weighted by molar-refractivity contribution is 0.461. The molecule has 0 aliphatic heterocycles. The lowest BCUT2D eigenvalue weighted by Crippen LogP contribution is -2.26. The fraction of sp³-hybridized carbons (Fsp3) is 0.250. The van der Waals surface area contributed by atoms with Crippen molar-refractivity contribution in [1.82, 2.24) is 10.6 Å². The third-order valence-corrected chi connectivity index (χ3v) is 3.09. The van der Waals surface area contributed by atoms with Gasteiger partial charge in [-0.25, -0.2) is 0 Å². The van der Waals surface area contributed by atoms with Gasteiger partial charge in [0.1, 0.15) is 11.5 Å². The number of hydrogen-bond acceptors (Lipinski definition) is 4. The molecule has 0 fully saturated rings. The Hall–Kier alpha value is -2.04. The fourth-order valence-corrected chi connectivity index (χ4v) is 1.94. The van der Waals surface area contributed by atoms with E-state index in [9.17, 15) is 10.2 Å². The Kier molecular flexibility index (Phi) is 5.41. The molecule has 2 aromatic rings. The van der Waals surface area contributed by atoms with Crippen molar-refractivity contribution in [1.29, 1.82) is 0 Å². The van der Waals surface area contributed by atoms with Gasteiger partial charge in [0.05, 0.1) is 0 Å². The zero-order valence-electron chi connectivity index (χ0n) is 11.3. The first-order chi connectivity index (χ1) is 9.77. The summed E-state index contributed by atoms with van der Waals surface area (Å²) in [7, 11) is 0. The maximum atomic E-state index is 9.61. The average Bonchev–Trinajstić information content (AvgIpc) is 2.46. The minimum absolute atomic E-state index is 0.321. The summed E-state index contributed by atoms with van der Waals surface area (Å²) in [5, 5.41) is 25.7.